The van der Waals surface area contributed by atoms with Crippen LogP contribution in [0.4, 0.5) is 0 Å². The first-order valence-electron chi connectivity index (χ1n) is 2.20. The number of aliphatic hydroxyl groups excluding tert-OH is 1. The number of halogens is 1. The molecule has 8 heavy (non-hydrogen) atoms. The first kappa shape index (κ1) is 7.72. The number of aliphatic hydroxyl groups is 1. The summed E-state index contributed by atoms with van der Waals surface area (Å²) in [6.45, 7) is -0.204. The van der Waals surface area contributed by atoms with Crippen LogP contribution in [0.5, 0.6) is 0 Å². The lowest BCUT2D eigenvalue weighted by molar-refractivity contribution is -0.118. The Morgan fingerprint density at radius 1 is 1.88 bits per heavy atom. The predicted molar refractivity (Wildman–Crippen MR) is 30.5 cm³/mol. The van der Waals surface area contributed by atoms with E-state index in [0.717, 1.165) is 0 Å². The molecule has 0 aromatic rings. The molecule has 0 fully saturated rings. The summed E-state index contributed by atoms with van der Waals surface area (Å²) in [4.78, 5) is 10.00. The van der Waals surface area contributed by atoms with E-state index in [-0.39, 0.29) is 13.0 Å². The Labute approximate surface area is 52.4 Å². The molecule has 1 amide bonds. The number of alkyl halides is 1. The molecule has 0 bridgehead atoms. The van der Waals surface area contributed by atoms with E-state index in [1.54, 1.807) is 0 Å². The average molecular weight is 138 g/mol. The van der Waals surface area contributed by atoms with Crippen molar-refractivity contribution in [3.8, 4) is 0 Å². The van der Waals surface area contributed by atoms with Crippen molar-refractivity contribution in [3.05, 3.63) is 0 Å². The fourth-order valence-electron chi connectivity index (χ4n) is 0.283. The van der Waals surface area contributed by atoms with E-state index in [9.17, 15) is 4.79 Å². The highest BCUT2D eigenvalue weighted by atomic mass is 35.5. The summed E-state index contributed by atoms with van der Waals surface area (Å²) < 4.78 is 0. The molecule has 0 aromatic heterocycles. The maximum Gasteiger partial charge on any atom is 0.218 e. The molecule has 3 nitrogen and oxygen atoms in total. The van der Waals surface area contributed by atoms with Crippen LogP contribution >= 0.6 is 11.6 Å². The van der Waals surface area contributed by atoms with Crippen LogP contribution in [0, 0.1) is 0 Å². The molecule has 0 spiro atoms. The lowest BCUT2D eigenvalue weighted by Gasteiger charge is -1.98. The maximum absolute atomic E-state index is 10.00. The third-order valence-corrected chi connectivity index (χ3v) is 0.913. The summed E-state index contributed by atoms with van der Waals surface area (Å²) in [7, 11) is 0. The van der Waals surface area contributed by atoms with Crippen LogP contribution in [0.25, 0.3) is 0 Å². The minimum atomic E-state index is -0.521. The third-order valence-electron chi connectivity index (χ3n) is 0.621. The molecule has 4 heteroatoms. The van der Waals surface area contributed by atoms with Crippen LogP contribution < -0.4 is 5.73 Å². The fraction of sp³-hybridized carbons (Fsp3) is 0.750. The first-order chi connectivity index (χ1) is 3.66. The summed E-state index contributed by atoms with van der Waals surface area (Å²) in [5, 5.41) is 7.72. The Morgan fingerprint density at radius 2 is 2.38 bits per heavy atom. The number of amides is 1. The van der Waals surface area contributed by atoms with Gasteiger partial charge in [-0.3, -0.25) is 4.79 Å². The molecule has 0 heterocycles. The van der Waals surface area contributed by atoms with E-state index in [1.165, 1.54) is 0 Å². The number of nitrogens with two attached hydrogens (primary N) is 1. The largest absolute Gasteiger partial charge is 0.395 e. The zero-order valence-electron chi connectivity index (χ0n) is 4.30. The molecule has 0 saturated carbocycles. The smallest absolute Gasteiger partial charge is 0.218 e. The lowest BCUT2D eigenvalue weighted by atomic mass is 10.3. The molecular formula is C4H8ClNO2. The van der Waals surface area contributed by atoms with Gasteiger partial charge in [0.25, 0.3) is 0 Å². The molecule has 0 aliphatic heterocycles. The van der Waals surface area contributed by atoms with Gasteiger partial charge in [-0.25, -0.2) is 0 Å². The van der Waals surface area contributed by atoms with Crippen molar-refractivity contribution in [1.82, 2.24) is 0 Å². The number of hydrogen-bond acceptors (Lipinski definition) is 2. The van der Waals surface area contributed by atoms with Crippen molar-refractivity contribution in [3.63, 3.8) is 0 Å². The van der Waals surface area contributed by atoms with Crippen molar-refractivity contribution in [2.45, 2.75) is 11.8 Å². The van der Waals surface area contributed by atoms with Crippen LogP contribution in [0.3, 0.4) is 0 Å². The van der Waals surface area contributed by atoms with E-state index >= 15 is 0 Å². The van der Waals surface area contributed by atoms with Crippen LogP contribution in [0.2, 0.25) is 0 Å². The fourth-order valence-corrected chi connectivity index (χ4v) is 0.435. The molecule has 1 unspecified atom stereocenters. The summed E-state index contributed by atoms with van der Waals surface area (Å²) in [6, 6.07) is 0. The van der Waals surface area contributed by atoms with Crippen LogP contribution in [0.15, 0.2) is 0 Å². The van der Waals surface area contributed by atoms with Crippen LogP contribution in [-0.2, 0) is 4.79 Å². The minimum absolute atomic E-state index is 0.0397. The van der Waals surface area contributed by atoms with Gasteiger partial charge in [0.05, 0.1) is 12.0 Å². The summed E-state index contributed by atoms with van der Waals surface area (Å²) in [5.74, 6) is -0.487. The summed E-state index contributed by atoms with van der Waals surface area (Å²) in [5.41, 5.74) is 4.73. The van der Waals surface area contributed by atoms with Gasteiger partial charge < -0.3 is 10.8 Å². The predicted octanol–water partition coefficient (Wildman–Crippen LogP) is -0.539. The first-order valence-corrected chi connectivity index (χ1v) is 2.63. The normalized spacial score (nSPS) is 13.2. The van der Waals surface area contributed by atoms with Gasteiger partial charge in [-0.15, -0.1) is 11.6 Å². The highest BCUT2D eigenvalue weighted by Gasteiger charge is 2.04. The summed E-state index contributed by atoms with van der Waals surface area (Å²) >= 11 is 5.31. The van der Waals surface area contributed by atoms with Gasteiger partial charge in [0.15, 0.2) is 0 Å². The number of carbonyl (C=O) groups excluding carboxylic acids is 1. The van der Waals surface area contributed by atoms with Crippen molar-refractivity contribution in [1.29, 1.82) is 0 Å². The SMILES string of the molecule is NC(=O)CC(Cl)CO. The molecule has 0 aromatic carbocycles. The van der Waals surface area contributed by atoms with Crippen molar-refractivity contribution in [2.75, 3.05) is 6.61 Å². The molecule has 0 saturated heterocycles. The standard InChI is InChI=1S/C4H8ClNO2/c5-3(2-7)1-4(6)8/h3,7H,1-2H2,(H2,6,8). The maximum atomic E-state index is 10.00. The average Bonchev–Trinajstić information content (AvgIpc) is 1.65. The van der Waals surface area contributed by atoms with Crippen LogP contribution in [-0.4, -0.2) is 23.0 Å². The number of rotatable bonds is 3. The van der Waals surface area contributed by atoms with Gasteiger partial charge in [0.2, 0.25) is 5.91 Å². The molecule has 0 aliphatic rings. The van der Waals surface area contributed by atoms with Gasteiger partial charge >= 0.3 is 0 Å². The third kappa shape index (κ3) is 3.89. The van der Waals surface area contributed by atoms with Crippen molar-refractivity contribution < 1.29 is 9.90 Å². The topological polar surface area (TPSA) is 63.3 Å². The highest BCUT2D eigenvalue weighted by molar-refractivity contribution is 6.21. The van der Waals surface area contributed by atoms with Gasteiger partial charge in [0, 0.05) is 6.42 Å². The van der Waals surface area contributed by atoms with Crippen molar-refractivity contribution >= 4 is 17.5 Å². The number of carbonyl (C=O) groups is 1. The second kappa shape index (κ2) is 3.69. The Balaban J connectivity index is 3.24. The van der Waals surface area contributed by atoms with Gasteiger partial charge in [0.1, 0.15) is 0 Å². The van der Waals surface area contributed by atoms with Gasteiger partial charge in [-0.1, -0.05) is 0 Å². The number of primary amides is 1. The van der Waals surface area contributed by atoms with Gasteiger partial charge in [-0.05, 0) is 0 Å². The Hall–Kier alpha value is -0.280. The molecule has 0 aliphatic carbocycles. The monoisotopic (exact) mass is 137 g/mol. The second-order valence-electron chi connectivity index (χ2n) is 1.45. The number of hydrogen-bond donors (Lipinski definition) is 2. The summed E-state index contributed by atoms with van der Waals surface area (Å²) in [6.07, 6.45) is 0.0397. The van der Waals surface area contributed by atoms with E-state index in [0.29, 0.717) is 0 Å². The Morgan fingerprint density at radius 3 is 2.50 bits per heavy atom. The highest BCUT2D eigenvalue weighted by Crippen LogP contribution is 1.97. The van der Waals surface area contributed by atoms with E-state index in [1.807, 2.05) is 0 Å². The Bertz CT molecular complexity index is 86.1. The van der Waals surface area contributed by atoms with E-state index < -0.39 is 11.3 Å². The molecule has 1 atom stereocenters. The second-order valence-corrected chi connectivity index (χ2v) is 2.07. The molecule has 0 rings (SSSR count). The quantitative estimate of drug-likeness (QED) is 0.514. The van der Waals surface area contributed by atoms with E-state index in [4.69, 9.17) is 22.4 Å². The minimum Gasteiger partial charge on any atom is -0.395 e. The molecule has 48 valence electrons. The Kier molecular flexibility index (Phi) is 3.56. The molecule has 0 radical (unpaired) electrons. The molecule has 3 N–H and O–H groups in total. The van der Waals surface area contributed by atoms with Gasteiger partial charge in [-0.2, -0.15) is 0 Å². The zero-order chi connectivity index (χ0) is 6.57. The van der Waals surface area contributed by atoms with Crippen LogP contribution in [0.1, 0.15) is 6.42 Å². The molecular weight excluding hydrogens is 130 g/mol. The van der Waals surface area contributed by atoms with E-state index in [2.05, 4.69) is 0 Å². The lowest BCUT2D eigenvalue weighted by Crippen LogP contribution is -2.18. The van der Waals surface area contributed by atoms with Crippen molar-refractivity contribution in [2.24, 2.45) is 5.73 Å². The zero-order valence-corrected chi connectivity index (χ0v) is 5.06.